The fraction of sp³-hybridized carbons (Fsp3) is 0.462. The minimum atomic E-state index is -0.220. The fourth-order valence-electron chi connectivity index (χ4n) is 1.50. The van der Waals surface area contributed by atoms with E-state index in [2.05, 4.69) is 10.3 Å². The van der Waals surface area contributed by atoms with Crippen molar-refractivity contribution in [2.75, 3.05) is 13.7 Å². The van der Waals surface area contributed by atoms with E-state index in [1.54, 1.807) is 20.1 Å². The number of benzene rings is 1. The number of guanidine groups is 1. The van der Waals surface area contributed by atoms with Gasteiger partial charge in [-0.15, -0.1) is 24.0 Å². The van der Waals surface area contributed by atoms with Crippen molar-refractivity contribution in [3.63, 3.8) is 0 Å². The molecule has 0 aliphatic heterocycles. The molecular formula is C13H21FIN3O. The summed E-state index contributed by atoms with van der Waals surface area (Å²) < 4.78 is 18.3. The number of aryl methyl sites for hydroxylation is 1. The number of halogens is 2. The lowest BCUT2D eigenvalue weighted by atomic mass is 10.1. The van der Waals surface area contributed by atoms with Crippen molar-refractivity contribution < 1.29 is 9.13 Å². The Labute approximate surface area is 130 Å². The van der Waals surface area contributed by atoms with Crippen molar-refractivity contribution in [1.82, 2.24) is 5.32 Å². The van der Waals surface area contributed by atoms with Gasteiger partial charge in [-0.25, -0.2) is 9.38 Å². The standard InChI is InChI=1S/C13H20FN3O.HI/c1-9-4-5-11(6-12(9)14)7-16-13(15)17-10(2)8-18-3;/h4-6,10H,7-8H2,1-3H3,(H3,15,16,17);1H. The minimum Gasteiger partial charge on any atom is -0.383 e. The summed E-state index contributed by atoms with van der Waals surface area (Å²) in [5.41, 5.74) is 7.13. The van der Waals surface area contributed by atoms with E-state index in [9.17, 15) is 4.39 Å². The molecule has 4 nitrogen and oxygen atoms in total. The van der Waals surface area contributed by atoms with E-state index in [4.69, 9.17) is 10.5 Å². The molecule has 19 heavy (non-hydrogen) atoms. The third-order valence-electron chi connectivity index (χ3n) is 2.48. The van der Waals surface area contributed by atoms with Gasteiger partial charge in [-0.05, 0) is 31.0 Å². The second kappa shape index (κ2) is 9.08. The van der Waals surface area contributed by atoms with Crippen molar-refractivity contribution in [1.29, 1.82) is 0 Å². The summed E-state index contributed by atoms with van der Waals surface area (Å²) >= 11 is 0. The zero-order valence-electron chi connectivity index (χ0n) is 11.4. The first-order valence-electron chi connectivity index (χ1n) is 5.83. The molecule has 0 saturated carbocycles. The van der Waals surface area contributed by atoms with Crippen LogP contribution in [0.2, 0.25) is 0 Å². The van der Waals surface area contributed by atoms with Gasteiger partial charge in [0.1, 0.15) is 5.82 Å². The maximum atomic E-state index is 13.3. The van der Waals surface area contributed by atoms with E-state index in [1.807, 2.05) is 13.0 Å². The molecule has 0 radical (unpaired) electrons. The molecule has 1 aromatic carbocycles. The number of hydrogen-bond acceptors (Lipinski definition) is 2. The molecule has 3 N–H and O–H groups in total. The molecular weight excluding hydrogens is 360 g/mol. The molecule has 1 unspecified atom stereocenters. The van der Waals surface area contributed by atoms with Gasteiger partial charge < -0.3 is 15.8 Å². The third-order valence-corrected chi connectivity index (χ3v) is 2.48. The minimum absolute atomic E-state index is 0. The molecule has 1 atom stereocenters. The summed E-state index contributed by atoms with van der Waals surface area (Å²) in [6, 6.07) is 5.14. The van der Waals surface area contributed by atoms with Crippen LogP contribution in [0.5, 0.6) is 0 Å². The number of aliphatic imine (C=N–C) groups is 1. The largest absolute Gasteiger partial charge is 0.383 e. The van der Waals surface area contributed by atoms with Crippen molar-refractivity contribution in [2.45, 2.75) is 26.4 Å². The number of rotatable bonds is 5. The summed E-state index contributed by atoms with van der Waals surface area (Å²) in [6.07, 6.45) is 0. The number of methoxy groups -OCH3 is 1. The normalized spacial score (nSPS) is 12.7. The number of ether oxygens (including phenoxy) is 1. The molecule has 0 bridgehead atoms. The van der Waals surface area contributed by atoms with Gasteiger partial charge in [0.25, 0.3) is 0 Å². The topological polar surface area (TPSA) is 59.6 Å². The number of nitrogens with two attached hydrogens (primary N) is 1. The zero-order chi connectivity index (χ0) is 13.5. The van der Waals surface area contributed by atoms with E-state index < -0.39 is 0 Å². The SMILES string of the molecule is COCC(C)NC(N)=NCc1ccc(C)c(F)c1.I. The Hall–Kier alpha value is -0.890. The lowest BCUT2D eigenvalue weighted by Crippen LogP contribution is -2.40. The van der Waals surface area contributed by atoms with Crippen LogP contribution in [0.4, 0.5) is 4.39 Å². The molecule has 0 heterocycles. The quantitative estimate of drug-likeness (QED) is 0.467. The molecule has 0 aliphatic carbocycles. The summed E-state index contributed by atoms with van der Waals surface area (Å²) in [5, 5.41) is 2.99. The lowest BCUT2D eigenvalue weighted by molar-refractivity contribution is 0.179. The van der Waals surface area contributed by atoms with Crippen molar-refractivity contribution in [3.05, 3.63) is 35.1 Å². The third kappa shape index (κ3) is 6.72. The first-order valence-corrected chi connectivity index (χ1v) is 5.83. The first kappa shape index (κ1) is 18.1. The van der Waals surface area contributed by atoms with Gasteiger partial charge in [0.05, 0.1) is 13.2 Å². The highest BCUT2D eigenvalue weighted by atomic mass is 127. The van der Waals surface area contributed by atoms with Crippen molar-refractivity contribution in [2.24, 2.45) is 10.7 Å². The molecule has 0 saturated heterocycles. The Morgan fingerprint density at radius 3 is 2.79 bits per heavy atom. The second-order valence-corrected chi connectivity index (χ2v) is 4.29. The molecule has 0 spiro atoms. The molecule has 1 aromatic rings. The van der Waals surface area contributed by atoms with Gasteiger partial charge >= 0.3 is 0 Å². The summed E-state index contributed by atoms with van der Waals surface area (Å²) in [4.78, 5) is 4.15. The first-order chi connectivity index (χ1) is 8.52. The lowest BCUT2D eigenvalue weighted by Gasteiger charge is -2.13. The number of hydrogen-bond donors (Lipinski definition) is 2. The van der Waals surface area contributed by atoms with Crippen LogP contribution in [-0.2, 0) is 11.3 Å². The zero-order valence-corrected chi connectivity index (χ0v) is 13.8. The molecule has 0 aromatic heterocycles. The monoisotopic (exact) mass is 381 g/mol. The van der Waals surface area contributed by atoms with Gasteiger partial charge in [0, 0.05) is 13.2 Å². The van der Waals surface area contributed by atoms with E-state index in [1.165, 1.54) is 6.07 Å². The maximum absolute atomic E-state index is 13.3. The molecule has 0 amide bonds. The van der Waals surface area contributed by atoms with Crippen LogP contribution in [0, 0.1) is 12.7 Å². The Kier molecular flexibility index (Phi) is 8.66. The fourth-order valence-corrected chi connectivity index (χ4v) is 1.50. The van der Waals surface area contributed by atoms with Gasteiger partial charge in [-0.2, -0.15) is 0 Å². The molecule has 6 heteroatoms. The van der Waals surface area contributed by atoms with Gasteiger partial charge in [0.2, 0.25) is 0 Å². The van der Waals surface area contributed by atoms with Gasteiger partial charge in [-0.1, -0.05) is 12.1 Å². The summed E-state index contributed by atoms with van der Waals surface area (Å²) in [7, 11) is 1.63. The molecule has 0 aliphatic rings. The maximum Gasteiger partial charge on any atom is 0.189 e. The van der Waals surface area contributed by atoms with E-state index in [-0.39, 0.29) is 35.8 Å². The molecule has 0 fully saturated rings. The Morgan fingerprint density at radius 1 is 1.53 bits per heavy atom. The van der Waals surface area contributed by atoms with Crippen molar-refractivity contribution in [3.8, 4) is 0 Å². The summed E-state index contributed by atoms with van der Waals surface area (Å²) in [5.74, 6) is 0.113. The van der Waals surface area contributed by atoms with E-state index >= 15 is 0 Å². The van der Waals surface area contributed by atoms with Crippen LogP contribution in [-0.4, -0.2) is 25.7 Å². The van der Waals surface area contributed by atoms with Gasteiger partial charge in [0.15, 0.2) is 5.96 Å². The molecule has 108 valence electrons. The second-order valence-electron chi connectivity index (χ2n) is 4.29. The predicted octanol–water partition coefficient (Wildman–Crippen LogP) is 2.19. The average molecular weight is 381 g/mol. The van der Waals surface area contributed by atoms with Crippen LogP contribution in [0.25, 0.3) is 0 Å². The van der Waals surface area contributed by atoms with Gasteiger partial charge in [-0.3, -0.25) is 0 Å². The predicted molar refractivity (Wildman–Crippen MR) is 86.4 cm³/mol. The Bertz CT molecular complexity index is 426. The highest BCUT2D eigenvalue weighted by Gasteiger charge is 2.02. The van der Waals surface area contributed by atoms with Crippen LogP contribution in [0.1, 0.15) is 18.1 Å². The number of nitrogens with zero attached hydrogens (tertiary/aromatic N) is 1. The highest BCUT2D eigenvalue weighted by molar-refractivity contribution is 14.0. The smallest absolute Gasteiger partial charge is 0.189 e. The van der Waals surface area contributed by atoms with Crippen LogP contribution in [0.3, 0.4) is 0 Å². The van der Waals surface area contributed by atoms with Crippen LogP contribution >= 0.6 is 24.0 Å². The van der Waals surface area contributed by atoms with E-state index in [0.717, 1.165) is 5.56 Å². The van der Waals surface area contributed by atoms with Crippen molar-refractivity contribution >= 4 is 29.9 Å². The average Bonchev–Trinajstić information content (AvgIpc) is 2.31. The Balaban J connectivity index is 0.00000324. The summed E-state index contributed by atoms with van der Waals surface area (Å²) in [6.45, 7) is 4.58. The Morgan fingerprint density at radius 2 is 2.21 bits per heavy atom. The number of nitrogens with one attached hydrogen (secondary N) is 1. The van der Waals surface area contributed by atoms with E-state index in [0.29, 0.717) is 24.7 Å². The van der Waals surface area contributed by atoms with Crippen LogP contribution < -0.4 is 11.1 Å². The highest BCUT2D eigenvalue weighted by Crippen LogP contribution is 2.09. The van der Waals surface area contributed by atoms with Crippen LogP contribution in [0.15, 0.2) is 23.2 Å². The molecule has 1 rings (SSSR count).